The first kappa shape index (κ1) is 21.5. The fraction of sp³-hybridized carbons (Fsp3) is 0.174. The van der Waals surface area contributed by atoms with Crippen molar-refractivity contribution in [2.75, 3.05) is 11.8 Å². The van der Waals surface area contributed by atoms with E-state index in [0.717, 1.165) is 16.0 Å². The number of methoxy groups -OCH3 is 1. The molecule has 0 bridgehead atoms. The summed E-state index contributed by atoms with van der Waals surface area (Å²) in [6, 6.07) is 13.0. The average molecular weight is 452 g/mol. The van der Waals surface area contributed by atoms with Crippen LogP contribution < -0.4 is 9.46 Å². The molecular formula is C23H21N3O5S. The molecule has 1 aliphatic rings. The van der Waals surface area contributed by atoms with Gasteiger partial charge < -0.3 is 4.74 Å². The van der Waals surface area contributed by atoms with E-state index in [9.17, 15) is 18.0 Å². The third kappa shape index (κ3) is 3.82. The van der Waals surface area contributed by atoms with Crippen LogP contribution in [-0.4, -0.2) is 37.2 Å². The monoisotopic (exact) mass is 451 g/mol. The Morgan fingerprint density at radius 1 is 1.03 bits per heavy atom. The number of hydrogen-bond donors (Lipinski definition) is 1. The lowest BCUT2D eigenvalue weighted by Gasteiger charge is -2.17. The fourth-order valence-corrected chi connectivity index (χ4v) is 4.95. The van der Waals surface area contributed by atoms with Crippen LogP contribution in [0.15, 0.2) is 59.6 Å². The van der Waals surface area contributed by atoms with Crippen molar-refractivity contribution in [3.8, 4) is 5.75 Å². The highest BCUT2D eigenvalue weighted by Crippen LogP contribution is 2.30. The van der Waals surface area contributed by atoms with Gasteiger partial charge in [-0.15, -0.1) is 0 Å². The van der Waals surface area contributed by atoms with Gasteiger partial charge in [-0.05, 0) is 55.3 Å². The molecule has 1 N–H and O–H groups in total. The number of ether oxygens (including phenoxy) is 1. The number of benzene rings is 2. The van der Waals surface area contributed by atoms with Gasteiger partial charge in [0.1, 0.15) is 16.3 Å². The maximum absolute atomic E-state index is 13.2. The summed E-state index contributed by atoms with van der Waals surface area (Å²) in [6.07, 6.45) is 1.45. The third-order valence-electron chi connectivity index (χ3n) is 5.22. The standard InChI is InChI=1S/C23H21N3O5S/c1-14-6-8-18(15(2)11-14)25-32(29,30)20-12-16(7-9-19(20)31-3)13-26-22(27)17-5-4-10-24-21(17)23(26)28/h4-12,25H,13H2,1-3H3. The van der Waals surface area contributed by atoms with Crippen molar-refractivity contribution < 1.29 is 22.7 Å². The predicted octanol–water partition coefficient (Wildman–Crippen LogP) is 3.30. The summed E-state index contributed by atoms with van der Waals surface area (Å²) in [5.74, 6) is -0.832. The summed E-state index contributed by atoms with van der Waals surface area (Å²) in [5, 5.41) is 0. The Bertz CT molecular complexity index is 1320. The van der Waals surface area contributed by atoms with Crippen LogP contribution in [0, 0.1) is 13.8 Å². The van der Waals surface area contributed by atoms with Crippen LogP contribution in [0.3, 0.4) is 0 Å². The molecule has 2 amide bonds. The number of nitrogens with zero attached hydrogens (tertiary/aromatic N) is 2. The van der Waals surface area contributed by atoms with Crippen molar-refractivity contribution in [1.29, 1.82) is 0 Å². The quantitative estimate of drug-likeness (QED) is 0.577. The van der Waals surface area contributed by atoms with Crippen molar-refractivity contribution in [2.24, 2.45) is 0 Å². The van der Waals surface area contributed by atoms with Crippen LogP contribution in [0.4, 0.5) is 5.69 Å². The zero-order chi connectivity index (χ0) is 23.0. The van der Waals surface area contributed by atoms with E-state index >= 15 is 0 Å². The molecule has 0 atom stereocenters. The lowest BCUT2D eigenvalue weighted by molar-refractivity contribution is 0.0640. The van der Waals surface area contributed by atoms with E-state index in [0.29, 0.717) is 11.3 Å². The summed E-state index contributed by atoms with van der Waals surface area (Å²) in [7, 11) is -2.63. The molecule has 0 spiro atoms. The van der Waals surface area contributed by atoms with Crippen LogP contribution in [-0.2, 0) is 16.6 Å². The van der Waals surface area contributed by atoms with Crippen LogP contribution in [0.5, 0.6) is 5.75 Å². The third-order valence-corrected chi connectivity index (χ3v) is 6.60. The molecule has 2 aromatic carbocycles. The van der Waals surface area contributed by atoms with Gasteiger partial charge in [-0.2, -0.15) is 0 Å². The second-order valence-corrected chi connectivity index (χ2v) is 9.16. The molecule has 9 heteroatoms. The summed E-state index contributed by atoms with van der Waals surface area (Å²) >= 11 is 0. The number of hydrogen-bond acceptors (Lipinski definition) is 6. The van der Waals surface area contributed by atoms with Gasteiger partial charge in [-0.25, -0.2) is 8.42 Å². The summed E-state index contributed by atoms with van der Waals surface area (Å²) in [6.45, 7) is 3.64. The van der Waals surface area contributed by atoms with Crippen LogP contribution in [0.1, 0.15) is 37.5 Å². The van der Waals surface area contributed by atoms with Gasteiger partial charge in [0.15, 0.2) is 0 Å². The number of aromatic nitrogens is 1. The molecule has 8 nitrogen and oxygen atoms in total. The Labute approximate surface area is 185 Å². The van der Waals surface area contributed by atoms with Gasteiger partial charge in [0.05, 0.1) is 24.9 Å². The van der Waals surface area contributed by atoms with Gasteiger partial charge in [0, 0.05) is 6.20 Å². The number of rotatable bonds is 6. The topological polar surface area (TPSA) is 106 Å². The molecule has 0 radical (unpaired) electrons. The van der Waals surface area contributed by atoms with Crippen LogP contribution >= 0.6 is 0 Å². The lowest BCUT2D eigenvalue weighted by Crippen LogP contribution is -2.29. The molecule has 1 aromatic heterocycles. The first-order valence-corrected chi connectivity index (χ1v) is 11.3. The lowest BCUT2D eigenvalue weighted by atomic mass is 10.1. The summed E-state index contributed by atoms with van der Waals surface area (Å²) in [4.78, 5) is 30.2. The fourth-order valence-electron chi connectivity index (χ4n) is 3.60. The van der Waals surface area contributed by atoms with E-state index in [-0.39, 0.29) is 28.4 Å². The number of imide groups is 1. The minimum Gasteiger partial charge on any atom is -0.495 e. The molecule has 0 unspecified atom stereocenters. The molecule has 0 saturated heterocycles. The van der Waals surface area contributed by atoms with E-state index in [1.165, 1.54) is 25.4 Å². The van der Waals surface area contributed by atoms with E-state index < -0.39 is 21.8 Å². The van der Waals surface area contributed by atoms with Crippen molar-refractivity contribution in [3.05, 3.63) is 82.7 Å². The first-order chi connectivity index (χ1) is 15.2. The van der Waals surface area contributed by atoms with E-state index in [4.69, 9.17) is 4.74 Å². The SMILES string of the molecule is COc1ccc(CN2C(=O)c3cccnc3C2=O)cc1S(=O)(=O)Nc1ccc(C)cc1C. The van der Waals surface area contributed by atoms with Gasteiger partial charge in [-0.1, -0.05) is 23.8 Å². The highest BCUT2D eigenvalue weighted by Gasteiger charge is 2.36. The Morgan fingerprint density at radius 3 is 2.50 bits per heavy atom. The largest absolute Gasteiger partial charge is 0.495 e. The van der Waals surface area contributed by atoms with Gasteiger partial charge in [0.2, 0.25) is 0 Å². The molecule has 3 aromatic rings. The Kier molecular flexibility index (Phi) is 5.43. The molecule has 0 fully saturated rings. The van der Waals surface area contributed by atoms with Crippen molar-refractivity contribution in [1.82, 2.24) is 9.88 Å². The van der Waals surface area contributed by atoms with Crippen molar-refractivity contribution in [2.45, 2.75) is 25.3 Å². The zero-order valence-corrected chi connectivity index (χ0v) is 18.6. The smallest absolute Gasteiger partial charge is 0.280 e. The molecule has 4 rings (SSSR count). The van der Waals surface area contributed by atoms with Crippen molar-refractivity contribution >= 4 is 27.5 Å². The highest BCUT2D eigenvalue weighted by atomic mass is 32.2. The van der Waals surface area contributed by atoms with Crippen LogP contribution in [0.25, 0.3) is 0 Å². The van der Waals surface area contributed by atoms with Gasteiger partial charge >= 0.3 is 0 Å². The molecule has 1 aliphatic heterocycles. The summed E-state index contributed by atoms with van der Waals surface area (Å²) < 4.78 is 34.2. The number of anilines is 1. The molecule has 2 heterocycles. The predicted molar refractivity (Wildman–Crippen MR) is 118 cm³/mol. The number of nitrogens with one attached hydrogen (secondary N) is 1. The summed E-state index contributed by atoms with van der Waals surface area (Å²) in [5.41, 5.74) is 3.03. The Hall–Kier alpha value is -3.72. The zero-order valence-electron chi connectivity index (χ0n) is 17.7. The second-order valence-electron chi connectivity index (χ2n) is 7.51. The number of amides is 2. The maximum Gasteiger partial charge on any atom is 0.280 e. The molecule has 0 aliphatic carbocycles. The Morgan fingerprint density at radius 2 is 1.81 bits per heavy atom. The molecule has 32 heavy (non-hydrogen) atoms. The molecule has 0 saturated carbocycles. The number of carbonyl (C=O) groups excluding carboxylic acids is 2. The van der Waals surface area contributed by atoms with E-state index in [2.05, 4.69) is 9.71 Å². The normalized spacial score (nSPS) is 13.3. The molecule has 164 valence electrons. The van der Waals surface area contributed by atoms with E-state index in [1.807, 2.05) is 26.0 Å². The second kappa shape index (κ2) is 8.08. The maximum atomic E-state index is 13.2. The Balaban J connectivity index is 1.66. The number of sulfonamides is 1. The first-order valence-electron chi connectivity index (χ1n) is 9.79. The van der Waals surface area contributed by atoms with Crippen LogP contribution in [0.2, 0.25) is 0 Å². The number of aryl methyl sites for hydroxylation is 2. The minimum absolute atomic E-state index is 0.0905. The van der Waals surface area contributed by atoms with Gasteiger partial charge in [-0.3, -0.25) is 24.2 Å². The van der Waals surface area contributed by atoms with Crippen molar-refractivity contribution in [3.63, 3.8) is 0 Å². The van der Waals surface area contributed by atoms with E-state index in [1.54, 1.807) is 24.3 Å². The average Bonchev–Trinajstić information content (AvgIpc) is 3.01. The number of pyridine rings is 1. The van der Waals surface area contributed by atoms with Gasteiger partial charge in [0.25, 0.3) is 21.8 Å². The molecular weight excluding hydrogens is 430 g/mol. The number of fused-ring (bicyclic) bond motifs is 1. The highest BCUT2D eigenvalue weighted by molar-refractivity contribution is 7.92. The number of carbonyl (C=O) groups is 2. The minimum atomic E-state index is -4.00.